The molecule has 1 aromatic carbocycles. The number of amides is 1. The summed E-state index contributed by atoms with van der Waals surface area (Å²) in [4.78, 5) is 16.8. The van der Waals surface area contributed by atoms with E-state index in [1.165, 1.54) is 25.7 Å². The van der Waals surface area contributed by atoms with Crippen LogP contribution in [-0.4, -0.2) is 23.2 Å². The molecule has 0 bridgehead atoms. The molecule has 0 spiro atoms. The zero-order chi connectivity index (χ0) is 17.6. The lowest BCUT2D eigenvalue weighted by molar-refractivity contribution is -0.121. The van der Waals surface area contributed by atoms with E-state index in [1.807, 2.05) is 24.3 Å². The standard InChI is InChI=1S/C19H25N3O3/c1-13-20-19(22-25-13)18(15-9-5-6-10-16(15)24-2)21-17(23)12-11-14-7-3-4-8-14/h5-6,9-10,14,18H,3-4,7-8,11-12H2,1-2H3,(H,21,23)/t18-/m1/s1. The zero-order valence-corrected chi connectivity index (χ0v) is 14.8. The number of nitrogens with one attached hydrogen (secondary N) is 1. The van der Waals surface area contributed by atoms with Gasteiger partial charge in [0, 0.05) is 18.9 Å². The predicted molar refractivity (Wildman–Crippen MR) is 93.2 cm³/mol. The SMILES string of the molecule is COc1ccccc1[C@@H](NC(=O)CCC1CCCC1)c1noc(C)n1. The molecule has 25 heavy (non-hydrogen) atoms. The van der Waals surface area contributed by atoms with Crippen LogP contribution < -0.4 is 10.1 Å². The number of ether oxygens (including phenoxy) is 1. The third-order valence-electron chi connectivity index (χ3n) is 4.81. The Morgan fingerprint density at radius 1 is 1.36 bits per heavy atom. The minimum atomic E-state index is -0.482. The number of para-hydroxylation sites is 1. The molecule has 0 saturated heterocycles. The first-order chi connectivity index (χ1) is 12.2. The normalized spacial score (nSPS) is 15.9. The number of methoxy groups -OCH3 is 1. The molecule has 2 aromatic rings. The van der Waals surface area contributed by atoms with Gasteiger partial charge < -0.3 is 14.6 Å². The van der Waals surface area contributed by atoms with Crippen LogP contribution in [0.2, 0.25) is 0 Å². The first kappa shape index (κ1) is 17.5. The Kier molecular flexibility index (Phi) is 5.68. The van der Waals surface area contributed by atoms with Gasteiger partial charge in [0.05, 0.1) is 7.11 Å². The molecule has 0 radical (unpaired) electrons. The first-order valence-electron chi connectivity index (χ1n) is 8.90. The number of rotatable bonds is 7. The van der Waals surface area contributed by atoms with Gasteiger partial charge in [-0.05, 0) is 18.4 Å². The van der Waals surface area contributed by atoms with Crippen molar-refractivity contribution in [1.82, 2.24) is 15.5 Å². The maximum absolute atomic E-state index is 12.5. The lowest BCUT2D eigenvalue weighted by atomic mass is 10.0. The molecule has 3 rings (SSSR count). The second kappa shape index (κ2) is 8.14. The fourth-order valence-corrected chi connectivity index (χ4v) is 3.49. The van der Waals surface area contributed by atoms with Gasteiger partial charge in [0.15, 0.2) is 5.82 Å². The largest absolute Gasteiger partial charge is 0.496 e. The molecule has 0 unspecified atom stereocenters. The molecule has 6 heteroatoms. The minimum Gasteiger partial charge on any atom is -0.496 e. The average Bonchev–Trinajstić information content (AvgIpc) is 3.29. The molecule has 1 aliphatic rings. The Hall–Kier alpha value is -2.37. The molecule has 0 aliphatic heterocycles. The Bertz CT molecular complexity index is 707. The number of aromatic nitrogens is 2. The van der Waals surface area contributed by atoms with E-state index in [0.29, 0.717) is 29.8 Å². The van der Waals surface area contributed by atoms with Crippen molar-refractivity contribution in [3.8, 4) is 5.75 Å². The maximum Gasteiger partial charge on any atom is 0.223 e. The highest BCUT2D eigenvalue weighted by Crippen LogP contribution is 2.30. The molecular weight excluding hydrogens is 318 g/mol. The summed E-state index contributed by atoms with van der Waals surface area (Å²) >= 11 is 0. The van der Waals surface area contributed by atoms with Gasteiger partial charge in [0.2, 0.25) is 11.8 Å². The van der Waals surface area contributed by atoms with Gasteiger partial charge >= 0.3 is 0 Å². The van der Waals surface area contributed by atoms with Gasteiger partial charge in [-0.1, -0.05) is 49.0 Å². The van der Waals surface area contributed by atoms with Crippen molar-refractivity contribution in [2.24, 2.45) is 5.92 Å². The van der Waals surface area contributed by atoms with E-state index in [-0.39, 0.29) is 5.91 Å². The quantitative estimate of drug-likeness (QED) is 0.832. The van der Waals surface area contributed by atoms with Gasteiger partial charge in [-0.15, -0.1) is 0 Å². The summed E-state index contributed by atoms with van der Waals surface area (Å²) in [6.07, 6.45) is 6.53. The van der Waals surface area contributed by atoms with E-state index in [4.69, 9.17) is 9.26 Å². The van der Waals surface area contributed by atoms with Gasteiger partial charge in [-0.2, -0.15) is 4.98 Å². The molecule has 134 valence electrons. The van der Waals surface area contributed by atoms with Crippen molar-refractivity contribution >= 4 is 5.91 Å². The van der Waals surface area contributed by atoms with Crippen LogP contribution in [0.1, 0.15) is 61.8 Å². The van der Waals surface area contributed by atoms with Crippen molar-refractivity contribution in [2.45, 2.75) is 51.5 Å². The summed E-state index contributed by atoms with van der Waals surface area (Å²) in [6, 6.07) is 7.09. The minimum absolute atomic E-state index is 0.00487. The van der Waals surface area contributed by atoms with Crippen molar-refractivity contribution < 1.29 is 14.1 Å². The monoisotopic (exact) mass is 343 g/mol. The molecule has 6 nitrogen and oxygen atoms in total. The lowest BCUT2D eigenvalue weighted by Crippen LogP contribution is -2.30. The van der Waals surface area contributed by atoms with E-state index in [1.54, 1.807) is 14.0 Å². The third kappa shape index (κ3) is 4.38. The van der Waals surface area contributed by atoms with E-state index in [9.17, 15) is 4.79 Å². The molecule has 1 fully saturated rings. The van der Waals surface area contributed by atoms with Gasteiger partial charge in [0.1, 0.15) is 11.8 Å². The Morgan fingerprint density at radius 3 is 2.80 bits per heavy atom. The Labute approximate surface area is 148 Å². The van der Waals surface area contributed by atoms with Crippen LogP contribution in [0.4, 0.5) is 0 Å². The van der Waals surface area contributed by atoms with Crippen LogP contribution in [0.3, 0.4) is 0 Å². The Morgan fingerprint density at radius 2 is 2.12 bits per heavy atom. The van der Waals surface area contributed by atoms with Crippen LogP contribution in [0.5, 0.6) is 5.75 Å². The number of carbonyl (C=O) groups excluding carboxylic acids is 1. The number of hydrogen-bond donors (Lipinski definition) is 1. The number of nitrogens with zero attached hydrogens (tertiary/aromatic N) is 2. The van der Waals surface area contributed by atoms with Gasteiger partial charge in [0.25, 0.3) is 0 Å². The zero-order valence-electron chi connectivity index (χ0n) is 14.8. The third-order valence-corrected chi connectivity index (χ3v) is 4.81. The van der Waals surface area contributed by atoms with Crippen molar-refractivity contribution in [1.29, 1.82) is 0 Å². The molecule has 1 N–H and O–H groups in total. The van der Waals surface area contributed by atoms with E-state index < -0.39 is 6.04 Å². The summed E-state index contributed by atoms with van der Waals surface area (Å²) < 4.78 is 10.6. The maximum atomic E-state index is 12.5. The highest BCUT2D eigenvalue weighted by Gasteiger charge is 2.25. The molecule has 1 heterocycles. The fourth-order valence-electron chi connectivity index (χ4n) is 3.49. The highest BCUT2D eigenvalue weighted by atomic mass is 16.5. The fraction of sp³-hybridized carbons (Fsp3) is 0.526. The molecule has 1 atom stereocenters. The number of benzene rings is 1. The Balaban J connectivity index is 1.75. The van der Waals surface area contributed by atoms with Crippen LogP contribution in [0.25, 0.3) is 0 Å². The summed E-state index contributed by atoms with van der Waals surface area (Å²) in [6.45, 7) is 1.73. The number of aryl methyl sites for hydroxylation is 1. The second-order valence-electron chi connectivity index (χ2n) is 6.60. The predicted octanol–water partition coefficient (Wildman–Crippen LogP) is 3.56. The van der Waals surface area contributed by atoms with Crippen LogP contribution in [0.15, 0.2) is 28.8 Å². The number of carbonyl (C=O) groups is 1. The van der Waals surface area contributed by atoms with Crippen molar-refractivity contribution in [3.63, 3.8) is 0 Å². The van der Waals surface area contributed by atoms with E-state index in [2.05, 4.69) is 15.5 Å². The molecular formula is C19H25N3O3. The summed E-state index contributed by atoms with van der Waals surface area (Å²) in [5.74, 6) is 2.28. The first-order valence-corrected chi connectivity index (χ1v) is 8.90. The van der Waals surface area contributed by atoms with Crippen LogP contribution in [-0.2, 0) is 4.79 Å². The number of hydrogen-bond acceptors (Lipinski definition) is 5. The van der Waals surface area contributed by atoms with Crippen LogP contribution >= 0.6 is 0 Å². The average molecular weight is 343 g/mol. The molecule has 1 amide bonds. The smallest absolute Gasteiger partial charge is 0.223 e. The summed E-state index contributed by atoms with van der Waals surface area (Å²) in [7, 11) is 1.61. The van der Waals surface area contributed by atoms with Gasteiger partial charge in [-0.25, -0.2) is 0 Å². The van der Waals surface area contributed by atoms with Crippen molar-refractivity contribution in [3.05, 3.63) is 41.5 Å². The topological polar surface area (TPSA) is 77.2 Å². The molecule has 1 saturated carbocycles. The molecule has 1 aromatic heterocycles. The molecule has 1 aliphatic carbocycles. The van der Waals surface area contributed by atoms with E-state index >= 15 is 0 Å². The summed E-state index contributed by atoms with van der Waals surface area (Å²) in [5, 5.41) is 7.06. The van der Waals surface area contributed by atoms with E-state index in [0.717, 1.165) is 12.0 Å². The lowest BCUT2D eigenvalue weighted by Gasteiger charge is -2.19. The second-order valence-corrected chi connectivity index (χ2v) is 6.60. The van der Waals surface area contributed by atoms with Crippen molar-refractivity contribution in [2.75, 3.05) is 7.11 Å². The highest BCUT2D eigenvalue weighted by molar-refractivity contribution is 5.77. The van der Waals surface area contributed by atoms with Gasteiger partial charge in [-0.3, -0.25) is 4.79 Å². The van der Waals surface area contributed by atoms with Crippen LogP contribution in [0, 0.1) is 12.8 Å². The summed E-state index contributed by atoms with van der Waals surface area (Å²) in [5.41, 5.74) is 0.819.